The number of sulfonamides is 1. The van der Waals surface area contributed by atoms with Crippen molar-refractivity contribution in [3.63, 3.8) is 0 Å². The van der Waals surface area contributed by atoms with Crippen molar-refractivity contribution in [1.29, 1.82) is 0 Å². The van der Waals surface area contributed by atoms with E-state index in [1.165, 1.54) is 31.4 Å². The molecule has 0 spiro atoms. The van der Waals surface area contributed by atoms with E-state index in [0.717, 1.165) is 16.3 Å². The van der Waals surface area contributed by atoms with E-state index in [1.54, 1.807) is 48.2 Å². The summed E-state index contributed by atoms with van der Waals surface area (Å²) >= 11 is 12.1. The molecule has 1 unspecified atom stereocenters. The third kappa shape index (κ3) is 7.14. The first-order valence-corrected chi connectivity index (χ1v) is 15.6. The molecule has 43 heavy (non-hydrogen) atoms. The van der Waals surface area contributed by atoms with Crippen LogP contribution in [0.15, 0.2) is 77.8 Å². The monoisotopic (exact) mass is 644 g/mol. The number of ether oxygens (including phenoxy) is 3. The standard InChI is InChI=1S/C30H30Cl2N4O6S/c1-40-27-14-11-23(16-28(27)41-2)36-18-26(20-5-7-21(31)8-6-20)33-30(36)34-29(37)19-35(17-24-4-3-15-42-24)43(38,39)25-12-9-22(32)10-13-25/h5-14,16,18,24H,3-4,15,17,19H2,1-2H3,(H,33,34,37). The highest BCUT2D eigenvalue weighted by Gasteiger charge is 2.31. The number of methoxy groups -OCH3 is 2. The first-order valence-electron chi connectivity index (χ1n) is 13.4. The number of benzene rings is 3. The van der Waals surface area contributed by atoms with Gasteiger partial charge in [0.15, 0.2) is 11.5 Å². The molecule has 1 saturated heterocycles. The van der Waals surface area contributed by atoms with Crippen LogP contribution in [0.1, 0.15) is 12.8 Å². The third-order valence-electron chi connectivity index (χ3n) is 6.95. The van der Waals surface area contributed by atoms with Crippen molar-refractivity contribution in [2.24, 2.45) is 0 Å². The van der Waals surface area contributed by atoms with Gasteiger partial charge < -0.3 is 14.2 Å². The normalized spacial score (nSPS) is 15.0. The zero-order valence-electron chi connectivity index (χ0n) is 23.5. The first-order chi connectivity index (χ1) is 20.7. The Labute approximate surface area is 260 Å². The molecule has 0 saturated carbocycles. The maximum atomic E-state index is 13.6. The smallest absolute Gasteiger partial charge is 0.243 e. The van der Waals surface area contributed by atoms with Crippen LogP contribution in [0.5, 0.6) is 11.5 Å². The van der Waals surface area contributed by atoms with Crippen LogP contribution in [0.25, 0.3) is 16.9 Å². The van der Waals surface area contributed by atoms with Gasteiger partial charge >= 0.3 is 0 Å². The summed E-state index contributed by atoms with van der Waals surface area (Å²) in [4.78, 5) is 18.2. The Bertz CT molecular complexity index is 1690. The summed E-state index contributed by atoms with van der Waals surface area (Å²) in [5, 5.41) is 3.79. The maximum Gasteiger partial charge on any atom is 0.243 e. The van der Waals surface area contributed by atoms with E-state index >= 15 is 0 Å². The lowest BCUT2D eigenvalue weighted by Gasteiger charge is -2.24. The van der Waals surface area contributed by atoms with Crippen LogP contribution in [0.3, 0.4) is 0 Å². The largest absolute Gasteiger partial charge is 0.493 e. The Morgan fingerprint density at radius 2 is 1.70 bits per heavy atom. The van der Waals surface area contributed by atoms with Crippen molar-refractivity contribution >= 4 is 45.1 Å². The van der Waals surface area contributed by atoms with Gasteiger partial charge in [0.2, 0.25) is 21.9 Å². The molecule has 1 aromatic heterocycles. The number of carbonyl (C=O) groups is 1. The van der Waals surface area contributed by atoms with Gasteiger partial charge in [0.25, 0.3) is 0 Å². The molecule has 1 N–H and O–H groups in total. The number of nitrogens with one attached hydrogen (secondary N) is 1. The number of imidazole rings is 1. The molecule has 1 fully saturated rings. The van der Waals surface area contributed by atoms with E-state index in [9.17, 15) is 13.2 Å². The Morgan fingerprint density at radius 1 is 1.02 bits per heavy atom. The second kappa shape index (κ2) is 13.4. The predicted molar refractivity (Wildman–Crippen MR) is 165 cm³/mol. The van der Waals surface area contributed by atoms with Gasteiger partial charge in [-0.3, -0.25) is 14.7 Å². The maximum absolute atomic E-state index is 13.6. The highest BCUT2D eigenvalue weighted by atomic mass is 35.5. The van der Waals surface area contributed by atoms with Crippen molar-refractivity contribution in [2.75, 3.05) is 39.2 Å². The average Bonchev–Trinajstić information content (AvgIpc) is 3.67. The lowest BCUT2D eigenvalue weighted by molar-refractivity contribution is -0.116. The molecule has 13 heteroatoms. The second-order valence-electron chi connectivity index (χ2n) is 9.80. The number of carbonyl (C=O) groups excluding carboxylic acids is 1. The molecule has 0 bridgehead atoms. The molecular weight excluding hydrogens is 615 g/mol. The van der Waals surface area contributed by atoms with E-state index in [1.807, 2.05) is 12.1 Å². The molecular formula is C30H30Cl2N4O6S. The molecule has 1 atom stereocenters. The van der Waals surface area contributed by atoms with Crippen molar-refractivity contribution in [1.82, 2.24) is 13.9 Å². The summed E-state index contributed by atoms with van der Waals surface area (Å²) in [5.41, 5.74) is 1.96. The molecule has 0 aliphatic carbocycles. The molecule has 1 aliphatic rings. The number of aromatic nitrogens is 2. The lowest BCUT2D eigenvalue weighted by atomic mass is 10.2. The van der Waals surface area contributed by atoms with Gasteiger partial charge in [-0.25, -0.2) is 13.4 Å². The Kier molecular flexibility index (Phi) is 9.58. The SMILES string of the molecule is COc1ccc(-n2cc(-c3ccc(Cl)cc3)nc2NC(=O)CN(CC2CCCO2)S(=O)(=O)c2ccc(Cl)cc2)cc1OC. The third-order valence-corrected chi connectivity index (χ3v) is 9.27. The van der Waals surface area contributed by atoms with Crippen LogP contribution in [-0.2, 0) is 19.6 Å². The first kappa shape index (κ1) is 30.8. The Balaban J connectivity index is 1.48. The molecule has 4 aromatic rings. The summed E-state index contributed by atoms with van der Waals surface area (Å²) in [7, 11) is -0.980. The van der Waals surface area contributed by atoms with E-state index in [4.69, 9.17) is 37.4 Å². The number of rotatable bonds is 11. The van der Waals surface area contributed by atoms with E-state index in [-0.39, 0.29) is 23.5 Å². The second-order valence-corrected chi connectivity index (χ2v) is 12.6. The fourth-order valence-corrected chi connectivity index (χ4v) is 6.42. The minimum atomic E-state index is -4.05. The van der Waals surface area contributed by atoms with E-state index in [2.05, 4.69) is 10.3 Å². The number of anilines is 1. The van der Waals surface area contributed by atoms with Crippen LogP contribution in [0, 0.1) is 0 Å². The minimum Gasteiger partial charge on any atom is -0.493 e. The van der Waals surface area contributed by atoms with Crippen molar-refractivity contribution < 1.29 is 27.4 Å². The summed E-state index contributed by atoms with van der Waals surface area (Å²) in [6.07, 6.45) is 2.96. The molecule has 226 valence electrons. The molecule has 10 nitrogen and oxygen atoms in total. The van der Waals surface area contributed by atoms with Crippen molar-refractivity contribution in [3.05, 3.63) is 83.0 Å². The van der Waals surface area contributed by atoms with E-state index in [0.29, 0.717) is 46.0 Å². The fourth-order valence-electron chi connectivity index (χ4n) is 4.74. The van der Waals surface area contributed by atoms with Gasteiger partial charge in [-0.1, -0.05) is 35.3 Å². The van der Waals surface area contributed by atoms with Gasteiger partial charge in [-0.05, 0) is 61.4 Å². The van der Waals surface area contributed by atoms with Crippen LogP contribution in [0.2, 0.25) is 10.0 Å². The topological polar surface area (TPSA) is 112 Å². The van der Waals surface area contributed by atoms with Gasteiger partial charge in [-0.15, -0.1) is 0 Å². The van der Waals surface area contributed by atoms with Crippen molar-refractivity contribution in [3.8, 4) is 28.4 Å². The summed E-state index contributed by atoms with van der Waals surface area (Å²) in [6, 6.07) is 18.2. The lowest BCUT2D eigenvalue weighted by Crippen LogP contribution is -2.42. The van der Waals surface area contributed by atoms with Gasteiger partial charge in [0.1, 0.15) is 0 Å². The van der Waals surface area contributed by atoms with Crippen LogP contribution in [0.4, 0.5) is 5.95 Å². The quantitative estimate of drug-likeness (QED) is 0.224. The number of hydrogen-bond acceptors (Lipinski definition) is 7. The molecule has 3 aromatic carbocycles. The molecule has 2 heterocycles. The Hall–Kier alpha value is -3.61. The molecule has 1 amide bonds. The average molecular weight is 646 g/mol. The van der Waals surface area contributed by atoms with Crippen molar-refractivity contribution in [2.45, 2.75) is 23.8 Å². The molecule has 5 rings (SSSR count). The van der Waals surface area contributed by atoms with Gasteiger partial charge in [0.05, 0.1) is 43.1 Å². The van der Waals surface area contributed by atoms with Crippen LogP contribution >= 0.6 is 23.2 Å². The Morgan fingerprint density at radius 3 is 2.33 bits per heavy atom. The molecule has 1 aliphatic heterocycles. The summed E-state index contributed by atoms with van der Waals surface area (Å²) in [6.45, 7) is 0.111. The highest BCUT2D eigenvalue weighted by molar-refractivity contribution is 7.89. The number of nitrogens with zero attached hydrogens (tertiary/aromatic N) is 3. The van der Waals surface area contributed by atoms with Gasteiger partial charge in [-0.2, -0.15) is 4.31 Å². The zero-order chi connectivity index (χ0) is 30.6. The summed E-state index contributed by atoms with van der Waals surface area (Å²) in [5.74, 6) is 0.622. The summed E-state index contributed by atoms with van der Waals surface area (Å²) < 4.78 is 46.6. The zero-order valence-corrected chi connectivity index (χ0v) is 25.8. The van der Waals surface area contributed by atoms with Gasteiger partial charge in [0, 0.05) is 41.0 Å². The predicted octanol–water partition coefficient (Wildman–Crippen LogP) is 5.67. The molecule has 0 radical (unpaired) electrons. The number of amides is 1. The number of hydrogen-bond donors (Lipinski definition) is 1. The highest BCUT2D eigenvalue weighted by Crippen LogP contribution is 2.32. The van der Waals surface area contributed by atoms with E-state index < -0.39 is 22.5 Å². The van der Waals surface area contributed by atoms with Crippen LogP contribution < -0.4 is 14.8 Å². The fraction of sp³-hybridized carbons (Fsp3) is 0.267. The van der Waals surface area contributed by atoms with Crippen LogP contribution in [-0.4, -0.2) is 68.2 Å². The number of halogens is 2. The minimum absolute atomic E-state index is 0.0263.